The quantitative estimate of drug-likeness (QED) is 0.693. The third-order valence-electron chi connectivity index (χ3n) is 3.54. The second-order valence-electron chi connectivity index (χ2n) is 4.70. The zero-order chi connectivity index (χ0) is 11.1. The van der Waals surface area contributed by atoms with Crippen LogP contribution in [0.15, 0.2) is 12.3 Å². The van der Waals surface area contributed by atoms with Crippen molar-refractivity contribution in [3.63, 3.8) is 0 Å². The molecule has 0 radical (unpaired) electrons. The normalized spacial score (nSPS) is 29.8. The number of piperazine rings is 1. The third-order valence-corrected chi connectivity index (χ3v) is 3.72. The van der Waals surface area contributed by atoms with Crippen molar-refractivity contribution in [3.05, 3.63) is 17.5 Å². The molecule has 3 rings (SSSR count). The van der Waals surface area contributed by atoms with Crippen LogP contribution in [0.25, 0.3) is 0 Å². The van der Waals surface area contributed by atoms with Crippen molar-refractivity contribution in [1.29, 1.82) is 0 Å². The zero-order valence-electron chi connectivity index (χ0n) is 9.30. The molecule has 2 fully saturated rings. The Morgan fingerprint density at radius 3 is 2.62 bits per heavy atom. The first-order valence-electron chi connectivity index (χ1n) is 5.69. The fraction of sp³-hybridized carbons (Fsp3) is 0.636. The highest BCUT2D eigenvalue weighted by Crippen LogP contribution is 2.33. The summed E-state index contributed by atoms with van der Waals surface area (Å²) in [4.78, 5) is 13.1. The van der Waals surface area contributed by atoms with Crippen molar-refractivity contribution < 1.29 is 0 Å². The highest BCUT2D eigenvalue weighted by atomic mass is 35.5. The first-order valence-corrected chi connectivity index (χ1v) is 6.07. The lowest BCUT2D eigenvalue weighted by atomic mass is 10.2. The molecule has 0 saturated carbocycles. The topological polar surface area (TPSA) is 32.3 Å². The van der Waals surface area contributed by atoms with E-state index in [0.717, 1.165) is 18.9 Å². The van der Waals surface area contributed by atoms with E-state index in [2.05, 4.69) is 26.8 Å². The van der Waals surface area contributed by atoms with Crippen molar-refractivity contribution in [2.75, 3.05) is 25.0 Å². The molecular weight excluding hydrogens is 224 g/mol. The van der Waals surface area contributed by atoms with Crippen LogP contribution in [0, 0.1) is 0 Å². The second kappa shape index (κ2) is 3.86. The Morgan fingerprint density at radius 1 is 1.31 bits per heavy atom. The van der Waals surface area contributed by atoms with Gasteiger partial charge in [0.05, 0.1) is 0 Å². The van der Waals surface area contributed by atoms with Crippen LogP contribution in [0.3, 0.4) is 0 Å². The minimum Gasteiger partial charge on any atom is -0.348 e. The zero-order valence-corrected chi connectivity index (χ0v) is 10.1. The predicted octanol–water partition coefficient (Wildman–Crippen LogP) is 1.41. The Hall–Kier alpha value is -0.870. The number of likely N-dealkylation sites (N-methyl/N-ethyl adjacent to an activating group) is 1. The number of fused-ring (bicyclic) bond motifs is 2. The van der Waals surface area contributed by atoms with Crippen LogP contribution < -0.4 is 4.90 Å². The van der Waals surface area contributed by atoms with Crippen molar-refractivity contribution in [1.82, 2.24) is 14.9 Å². The highest BCUT2D eigenvalue weighted by Gasteiger charge is 2.39. The first kappa shape index (κ1) is 10.3. The van der Waals surface area contributed by atoms with Gasteiger partial charge in [0, 0.05) is 31.4 Å². The minimum atomic E-state index is 0.343. The average Bonchev–Trinajstić information content (AvgIpc) is 2.51. The van der Waals surface area contributed by atoms with Gasteiger partial charge in [0.2, 0.25) is 5.28 Å². The summed E-state index contributed by atoms with van der Waals surface area (Å²) in [6, 6.07) is 3.15. The second-order valence-corrected chi connectivity index (χ2v) is 5.04. The van der Waals surface area contributed by atoms with Crippen LogP contribution >= 0.6 is 11.6 Å². The van der Waals surface area contributed by atoms with Crippen molar-refractivity contribution >= 4 is 17.4 Å². The summed E-state index contributed by atoms with van der Waals surface area (Å²) in [5.41, 5.74) is 0. The predicted molar refractivity (Wildman–Crippen MR) is 63.8 cm³/mol. The molecule has 5 heteroatoms. The van der Waals surface area contributed by atoms with Gasteiger partial charge < -0.3 is 9.80 Å². The molecule has 0 amide bonds. The molecule has 0 aliphatic carbocycles. The fourth-order valence-corrected chi connectivity index (χ4v) is 3.10. The van der Waals surface area contributed by atoms with E-state index >= 15 is 0 Å². The minimum absolute atomic E-state index is 0.343. The summed E-state index contributed by atoms with van der Waals surface area (Å²) in [6.07, 6.45) is 4.26. The Labute approximate surface area is 100 Å². The van der Waals surface area contributed by atoms with E-state index in [1.54, 1.807) is 6.20 Å². The van der Waals surface area contributed by atoms with Crippen LogP contribution in [0.5, 0.6) is 0 Å². The molecule has 0 aromatic carbocycles. The van der Waals surface area contributed by atoms with Gasteiger partial charge in [-0.15, -0.1) is 0 Å². The number of halogens is 1. The average molecular weight is 239 g/mol. The van der Waals surface area contributed by atoms with Crippen LogP contribution in [0.2, 0.25) is 5.28 Å². The number of hydrogen-bond donors (Lipinski definition) is 0. The maximum atomic E-state index is 5.85. The molecule has 1 aromatic heterocycles. The van der Waals surface area contributed by atoms with Gasteiger partial charge >= 0.3 is 0 Å². The van der Waals surface area contributed by atoms with Crippen LogP contribution in [-0.4, -0.2) is 47.1 Å². The van der Waals surface area contributed by atoms with Crippen molar-refractivity contribution in [3.8, 4) is 0 Å². The van der Waals surface area contributed by atoms with Gasteiger partial charge in [-0.25, -0.2) is 9.97 Å². The van der Waals surface area contributed by atoms with E-state index < -0.39 is 0 Å². The van der Waals surface area contributed by atoms with Crippen molar-refractivity contribution in [2.45, 2.75) is 24.9 Å². The van der Waals surface area contributed by atoms with E-state index in [1.165, 1.54) is 12.8 Å². The lowest BCUT2D eigenvalue weighted by Gasteiger charge is -2.40. The summed E-state index contributed by atoms with van der Waals surface area (Å²) in [6.45, 7) is 2.25. The molecule has 2 aliphatic heterocycles. The standard InChI is InChI=1S/C11H15ClN4/c1-15-6-8-2-3-9(7-15)16(8)10-4-5-13-11(12)14-10/h4-5,8-9H,2-3,6-7H2,1H3. The molecule has 4 nitrogen and oxygen atoms in total. The first-order chi connectivity index (χ1) is 7.74. The number of aromatic nitrogens is 2. The molecule has 0 spiro atoms. The van der Waals surface area contributed by atoms with Gasteiger partial charge in [-0.05, 0) is 37.6 Å². The molecule has 2 unspecified atom stereocenters. The number of hydrogen-bond acceptors (Lipinski definition) is 4. The fourth-order valence-electron chi connectivity index (χ4n) is 2.96. The van der Waals surface area contributed by atoms with Crippen LogP contribution in [0.1, 0.15) is 12.8 Å². The summed E-state index contributed by atoms with van der Waals surface area (Å²) < 4.78 is 0. The SMILES string of the molecule is CN1CC2CCC(C1)N2c1ccnc(Cl)n1. The Morgan fingerprint density at radius 2 is 2.00 bits per heavy atom. The number of anilines is 1. The van der Waals surface area contributed by atoms with Crippen LogP contribution in [0.4, 0.5) is 5.82 Å². The summed E-state index contributed by atoms with van der Waals surface area (Å²) >= 11 is 5.85. The Balaban J connectivity index is 1.91. The van der Waals surface area contributed by atoms with Gasteiger partial charge in [-0.3, -0.25) is 0 Å². The largest absolute Gasteiger partial charge is 0.348 e. The Kier molecular flexibility index (Phi) is 2.48. The summed E-state index contributed by atoms with van der Waals surface area (Å²) in [7, 11) is 2.19. The number of likely N-dealkylation sites (tertiary alicyclic amines) is 1. The molecule has 1 aromatic rings. The maximum Gasteiger partial charge on any atom is 0.224 e. The maximum absolute atomic E-state index is 5.85. The van der Waals surface area contributed by atoms with Gasteiger partial charge in [0.1, 0.15) is 5.82 Å². The van der Waals surface area contributed by atoms with Gasteiger partial charge in [0.25, 0.3) is 0 Å². The van der Waals surface area contributed by atoms with E-state index in [1.807, 2.05) is 6.07 Å². The molecular formula is C11H15ClN4. The highest BCUT2D eigenvalue weighted by molar-refractivity contribution is 6.28. The van der Waals surface area contributed by atoms with Gasteiger partial charge in [-0.1, -0.05) is 0 Å². The van der Waals surface area contributed by atoms with Gasteiger partial charge in [0.15, 0.2) is 0 Å². The lowest BCUT2D eigenvalue weighted by Crippen LogP contribution is -2.52. The summed E-state index contributed by atoms with van der Waals surface area (Å²) in [5.74, 6) is 0.987. The van der Waals surface area contributed by atoms with Crippen LogP contribution in [-0.2, 0) is 0 Å². The molecule has 16 heavy (non-hydrogen) atoms. The monoisotopic (exact) mass is 238 g/mol. The van der Waals surface area contributed by atoms with E-state index in [0.29, 0.717) is 17.4 Å². The number of nitrogens with zero attached hydrogens (tertiary/aromatic N) is 4. The van der Waals surface area contributed by atoms with E-state index in [9.17, 15) is 0 Å². The smallest absolute Gasteiger partial charge is 0.224 e. The van der Waals surface area contributed by atoms with E-state index in [-0.39, 0.29) is 0 Å². The molecule has 2 aliphatic rings. The molecule has 2 saturated heterocycles. The molecule has 2 atom stereocenters. The third kappa shape index (κ3) is 1.66. The van der Waals surface area contributed by atoms with Crippen molar-refractivity contribution in [2.24, 2.45) is 0 Å². The molecule has 0 N–H and O–H groups in total. The summed E-state index contributed by atoms with van der Waals surface area (Å²) in [5, 5.41) is 0.343. The molecule has 3 heterocycles. The van der Waals surface area contributed by atoms with E-state index in [4.69, 9.17) is 11.6 Å². The Bertz CT molecular complexity index is 383. The molecule has 2 bridgehead atoms. The lowest BCUT2D eigenvalue weighted by molar-refractivity contribution is 0.263. The number of rotatable bonds is 1. The van der Waals surface area contributed by atoms with Gasteiger partial charge in [-0.2, -0.15) is 0 Å². The molecule has 86 valence electrons.